The average Bonchev–Trinajstić information content (AvgIpc) is 3.13. The first kappa shape index (κ1) is 19.5. The van der Waals surface area contributed by atoms with Gasteiger partial charge in [0.2, 0.25) is 5.91 Å². The summed E-state index contributed by atoms with van der Waals surface area (Å²) in [4.78, 5) is 30.4. The third-order valence-corrected chi connectivity index (χ3v) is 5.88. The Labute approximate surface area is 172 Å². The second kappa shape index (κ2) is 8.66. The maximum atomic E-state index is 12.8. The number of benzene rings is 2. The smallest absolute Gasteiger partial charge is 0.279 e. The fourth-order valence-corrected chi connectivity index (χ4v) is 4.15. The highest BCUT2D eigenvalue weighted by Gasteiger charge is 2.28. The summed E-state index contributed by atoms with van der Waals surface area (Å²) in [5.41, 5.74) is 4.53. The Kier molecular flexibility index (Phi) is 5.81. The zero-order valence-electron chi connectivity index (χ0n) is 17.0. The molecule has 0 aromatic heterocycles. The van der Waals surface area contributed by atoms with Gasteiger partial charge in [-0.3, -0.25) is 9.59 Å². The van der Waals surface area contributed by atoms with Crippen LogP contribution in [0, 0.1) is 6.92 Å². The van der Waals surface area contributed by atoms with Crippen molar-refractivity contribution >= 4 is 23.2 Å². The third-order valence-electron chi connectivity index (χ3n) is 5.88. The molecule has 2 aliphatic heterocycles. The minimum atomic E-state index is 0.0253. The minimum absolute atomic E-state index is 0.0253. The molecule has 2 amide bonds. The number of aryl methyl sites for hydroxylation is 1. The van der Waals surface area contributed by atoms with E-state index in [-0.39, 0.29) is 11.8 Å². The fourth-order valence-electron chi connectivity index (χ4n) is 4.15. The highest BCUT2D eigenvalue weighted by molar-refractivity contribution is 5.91. The largest absolute Gasteiger partial charge is 0.362 e. The summed E-state index contributed by atoms with van der Waals surface area (Å²) in [5, 5.41) is 2.96. The normalized spacial score (nSPS) is 16.6. The van der Waals surface area contributed by atoms with Crippen LogP contribution in [0.25, 0.3) is 0 Å². The molecular weight excluding hydrogens is 364 g/mol. The molecule has 0 atom stereocenters. The van der Waals surface area contributed by atoms with Gasteiger partial charge in [0.25, 0.3) is 5.91 Å². The van der Waals surface area contributed by atoms with Gasteiger partial charge in [-0.05, 0) is 37.1 Å². The molecule has 2 N–H and O–H groups in total. The van der Waals surface area contributed by atoms with Crippen LogP contribution in [-0.4, -0.2) is 62.5 Å². The molecule has 0 unspecified atom stereocenters. The second-order valence-corrected chi connectivity index (χ2v) is 8.02. The summed E-state index contributed by atoms with van der Waals surface area (Å²) in [6.45, 7) is 6.86. The molecule has 0 spiro atoms. The molecular formula is C23H29N4O2+. The third kappa shape index (κ3) is 4.77. The van der Waals surface area contributed by atoms with Gasteiger partial charge in [0.15, 0.2) is 6.54 Å². The predicted molar refractivity (Wildman–Crippen MR) is 114 cm³/mol. The molecule has 152 valence electrons. The Morgan fingerprint density at radius 1 is 1.00 bits per heavy atom. The number of carbonyl (C=O) groups excluding carboxylic acids is 2. The first-order valence-electron chi connectivity index (χ1n) is 10.4. The first-order chi connectivity index (χ1) is 14.1. The van der Waals surface area contributed by atoms with Crippen molar-refractivity contribution in [3.63, 3.8) is 0 Å². The lowest BCUT2D eigenvalue weighted by atomic mass is 10.2. The van der Waals surface area contributed by atoms with Gasteiger partial charge in [0, 0.05) is 17.9 Å². The molecule has 1 saturated heterocycles. The van der Waals surface area contributed by atoms with Gasteiger partial charge < -0.3 is 20.0 Å². The molecule has 29 heavy (non-hydrogen) atoms. The van der Waals surface area contributed by atoms with Crippen molar-refractivity contribution in [2.45, 2.75) is 13.3 Å². The van der Waals surface area contributed by atoms with Gasteiger partial charge in [0.05, 0.1) is 32.7 Å². The molecule has 2 aromatic carbocycles. The number of para-hydroxylation sites is 1. The number of carbonyl (C=O) groups is 2. The molecule has 2 aromatic rings. The molecule has 0 aliphatic carbocycles. The Balaban J connectivity index is 1.22. The standard InChI is InChI=1S/C23H28N4O2/c1-18-6-8-20(9-7-18)24-22(28)16-25-12-14-26(15-13-25)23(29)17-27-11-10-19-4-2-3-5-21(19)27/h2-9H,10-17H2,1H3,(H,24,28)/p+1. The van der Waals surface area contributed by atoms with E-state index in [2.05, 4.69) is 28.4 Å². The van der Waals surface area contributed by atoms with Crippen LogP contribution in [0.5, 0.6) is 0 Å². The van der Waals surface area contributed by atoms with Crippen LogP contribution in [0.1, 0.15) is 11.1 Å². The summed E-state index contributed by atoms with van der Waals surface area (Å²) in [5.74, 6) is 0.210. The SMILES string of the molecule is Cc1ccc(NC(=O)C[NH+]2CCN(C(=O)CN3CCc4ccccc43)CC2)cc1. The zero-order chi connectivity index (χ0) is 20.2. The van der Waals surface area contributed by atoms with Gasteiger partial charge in [-0.1, -0.05) is 35.9 Å². The quantitative estimate of drug-likeness (QED) is 0.787. The Morgan fingerprint density at radius 2 is 1.72 bits per heavy atom. The summed E-state index contributed by atoms with van der Waals surface area (Å²) in [7, 11) is 0. The lowest BCUT2D eigenvalue weighted by molar-refractivity contribution is -0.895. The van der Waals surface area contributed by atoms with Gasteiger partial charge >= 0.3 is 0 Å². The predicted octanol–water partition coefficient (Wildman–Crippen LogP) is 0.723. The van der Waals surface area contributed by atoms with E-state index in [0.717, 1.165) is 31.7 Å². The van der Waals surface area contributed by atoms with Gasteiger partial charge in [-0.15, -0.1) is 0 Å². The van der Waals surface area contributed by atoms with E-state index in [4.69, 9.17) is 0 Å². The van der Waals surface area contributed by atoms with Crippen molar-refractivity contribution in [3.05, 3.63) is 59.7 Å². The van der Waals surface area contributed by atoms with E-state index < -0.39 is 0 Å². The number of nitrogens with one attached hydrogen (secondary N) is 2. The lowest BCUT2D eigenvalue weighted by Crippen LogP contribution is -3.15. The summed E-state index contributed by atoms with van der Waals surface area (Å²) >= 11 is 0. The van der Waals surface area contributed by atoms with Gasteiger partial charge in [-0.25, -0.2) is 0 Å². The number of quaternary nitrogens is 1. The molecule has 2 heterocycles. The molecule has 6 nitrogen and oxygen atoms in total. The molecule has 0 saturated carbocycles. The van der Waals surface area contributed by atoms with Gasteiger partial charge in [0.1, 0.15) is 0 Å². The number of rotatable bonds is 5. The van der Waals surface area contributed by atoms with Crippen LogP contribution in [-0.2, 0) is 16.0 Å². The van der Waals surface area contributed by atoms with Crippen LogP contribution >= 0.6 is 0 Å². The highest BCUT2D eigenvalue weighted by Crippen LogP contribution is 2.27. The topological polar surface area (TPSA) is 57.1 Å². The number of hydrogen-bond donors (Lipinski definition) is 2. The number of hydrogen-bond acceptors (Lipinski definition) is 3. The van der Waals surface area contributed by atoms with Crippen molar-refractivity contribution in [3.8, 4) is 0 Å². The maximum absolute atomic E-state index is 12.8. The average molecular weight is 394 g/mol. The van der Waals surface area contributed by atoms with Crippen LogP contribution in [0.3, 0.4) is 0 Å². The number of nitrogens with zero attached hydrogens (tertiary/aromatic N) is 2. The fraction of sp³-hybridized carbons (Fsp3) is 0.391. The Hall–Kier alpha value is -2.86. The van der Waals surface area contributed by atoms with Crippen LogP contribution < -0.4 is 15.1 Å². The summed E-state index contributed by atoms with van der Waals surface area (Å²) < 4.78 is 0. The van der Waals surface area contributed by atoms with Crippen molar-refractivity contribution in [1.29, 1.82) is 0 Å². The molecule has 6 heteroatoms. The minimum Gasteiger partial charge on any atom is -0.362 e. The summed E-state index contributed by atoms with van der Waals surface area (Å²) in [6.07, 6.45) is 1.01. The lowest BCUT2D eigenvalue weighted by Gasteiger charge is -2.33. The second-order valence-electron chi connectivity index (χ2n) is 8.02. The van der Waals surface area contributed by atoms with E-state index >= 15 is 0 Å². The first-order valence-corrected chi connectivity index (χ1v) is 10.4. The monoisotopic (exact) mass is 393 g/mol. The molecule has 4 rings (SSSR count). The van der Waals surface area contributed by atoms with Crippen LogP contribution in [0.4, 0.5) is 11.4 Å². The summed E-state index contributed by atoms with van der Waals surface area (Å²) in [6, 6.07) is 16.2. The highest BCUT2D eigenvalue weighted by atomic mass is 16.2. The van der Waals surface area contributed by atoms with E-state index in [1.54, 1.807) is 0 Å². The van der Waals surface area contributed by atoms with E-state index in [0.29, 0.717) is 26.2 Å². The Bertz CT molecular complexity index is 873. The van der Waals surface area contributed by atoms with E-state index in [1.807, 2.05) is 42.2 Å². The number of fused-ring (bicyclic) bond motifs is 1. The number of anilines is 2. The van der Waals surface area contributed by atoms with E-state index in [1.165, 1.54) is 21.7 Å². The van der Waals surface area contributed by atoms with Crippen LogP contribution in [0.2, 0.25) is 0 Å². The Morgan fingerprint density at radius 3 is 2.48 bits per heavy atom. The van der Waals surface area contributed by atoms with Crippen molar-refractivity contribution in [2.24, 2.45) is 0 Å². The van der Waals surface area contributed by atoms with Crippen molar-refractivity contribution in [2.75, 3.05) is 56.0 Å². The molecule has 1 fully saturated rings. The molecule has 0 bridgehead atoms. The number of amides is 2. The van der Waals surface area contributed by atoms with Gasteiger partial charge in [-0.2, -0.15) is 0 Å². The van der Waals surface area contributed by atoms with Crippen molar-refractivity contribution in [1.82, 2.24) is 4.90 Å². The van der Waals surface area contributed by atoms with Crippen molar-refractivity contribution < 1.29 is 14.5 Å². The van der Waals surface area contributed by atoms with E-state index in [9.17, 15) is 9.59 Å². The number of piperazine rings is 1. The molecule has 0 radical (unpaired) electrons. The zero-order valence-corrected chi connectivity index (χ0v) is 17.0. The maximum Gasteiger partial charge on any atom is 0.279 e. The molecule has 2 aliphatic rings. The van der Waals surface area contributed by atoms with Crippen LogP contribution in [0.15, 0.2) is 48.5 Å².